The van der Waals surface area contributed by atoms with Crippen molar-refractivity contribution in [3.63, 3.8) is 0 Å². The Bertz CT molecular complexity index is 774. The number of sulfone groups is 1. The number of aryl methyl sites for hydroxylation is 1. The molecule has 3 atom stereocenters. The minimum absolute atomic E-state index is 0.0396. The fourth-order valence-corrected chi connectivity index (χ4v) is 3.21. The number of carbonyl (C=O) groups excluding carboxylic acids is 1. The van der Waals surface area contributed by atoms with Gasteiger partial charge in [-0.25, -0.2) is 17.6 Å². The second-order valence-electron chi connectivity index (χ2n) is 6.01. The minimum atomic E-state index is -3.31. The predicted octanol–water partition coefficient (Wildman–Crippen LogP) is 2.02. The van der Waals surface area contributed by atoms with E-state index in [1.165, 1.54) is 12.1 Å². The Labute approximate surface area is 172 Å². The molecule has 0 spiro atoms. The van der Waals surface area contributed by atoms with Crippen molar-refractivity contribution in [1.29, 1.82) is 0 Å². The van der Waals surface area contributed by atoms with E-state index in [1.807, 2.05) is 0 Å². The van der Waals surface area contributed by atoms with E-state index in [1.54, 1.807) is 12.1 Å². The Balaban J connectivity index is 2.79. The SMILES string of the molecule is CS(=O)(=O)c1ccc(CCC[C@@H](OC(=O)O)[C@H](NC(=O)C(Cl)Cl)C(N)F)cc1. The fraction of sp³-hybridized carbons (Fsp3) is 0.500. The molecule has 0 fully saturated rings. The quantitative estimate of drug-likeness (QED) is 0.277. The van der Waals surface area contributed by atoms with Gasteiger partial charge in [-0.05, 0) is 37.0 Å². The van der Waals surface area contributed by atoms with Crippen LogP contribution >= 0.6 is 23.2 Å². The third-order valence-electron chi connectivity index (χ3n) is 3.81. The average Bonchev–Trinajstić information content (AvgIpc) is 2.57. The van der Waals surface area contributed by atoms with Crippen molar-refractivity contribution >= 4 is 45.1 Å². The van der Waals surface area contributed by atoms with Crippen molar-refractivity contribution in [3.05, 3.63) is 29.8 Å². The van der Waals surface area contributed by atoms with Crippen LogP contribution in [0.2, 0.25) is 0 Å². The van der Waals surface area contributed by atoms with E-state index in [-0.39, 0.29) is 11.3 Å². The van der Waals surface area contributed by atoms with Crippen molar-refractivity contribution in [2.75, 3.05) is 6.26 Å². The van der Waals surface area contributed by atoms with E-state index in [0.717, 1.165) is 11.8 Å². The summed E-state index contributed by atoms with van der Waals surface area (Å²) in [5.41, 5.74) is 5.99. The van der Waals surface area contributed by atoms with Gasteiger partial charge in [0, 0.05) is 6.26 Å². The Kier molecular flexibility index (Phi) is 9.42. The summed E-state index contributed by atoms with van der Waals surface area (Å²) in [6, 6.07) is 4.68. The lowest BCUT2D eigenvalue weighted by molar-refractivity contribution is -0.122. The zero-order valence-electron chi connectivity index (χ0n) is 14.8. The first-order valence-corrected chi connectivity index (χ1v) is 10.8. The van der Waals surface area contributed by atoms with E-state index in [0.29, 0.717) is 12.8 Å². The van der Waals surface area contributed by atoms with Gasteiger partial charge in [-0.3, -0.25) is 10.5 Å². The van der Waals surface area contributed by atoms with Crippen LogP contribution in [0.4, 0.5) is 9.18 Å². The largest absolute Gasteiger partial charge is 0.506 e. The highest BCUT2D eigenvalue weighted by Gasteiger charge is 2.33. The van der Waals surface area contributed by atoms with Crippen molar-refractivity contribution in [2.45, 2.75) is 47.4 Å². The van der Waals surface area contributed by atoms with Crippen LogP contribution in [-0.2, 0) is 25.8 Å². The Hall–Kier alpha value is -1.62. The van der Waals surface area contributed by atoms with Crippen LogP contribution < -0.4 is 11.1 Å². The topological polar surface area (TPSA) is 136 Å². The molecule has 8 nitrogen and oxygen atoms in total. The number of nitrogens with two attached hydrogens (primary N) is 1. The maximum Gasteiger partial charge on any atom is 0.506 e. The Morgan fingerprint density at radius 3 is 2.29 bits per heavy atom. The minimum Gasteiger partial charge on any atom is -0.450 e. The molecule has 1 aromatic rings. The van der Waals surface area contributed by atoms with Crippen molar-refractivity contribution in [2.24, 2.45) is 5.73 Å². The van der Waals surface area contributed by atoms with Gasteiger partial charge in [-0.1, -0.05) is 35.3 Å². The molecule has 1 amide bonds. The number of halogens is 3. The summed E-state index contributed by atoms with van der Waals surface area (Å²) in [4.78, 5) is 21.2. The molecule has 0 bridgehead atoms. The van der Waals surface area contributed by atoms with Gasteiger partial charge in [-0.2, -0.15) is 0 Å². The number of benzene rings is 1. The number of carboxylic acid groups (broad SMARTS) is 1. The van der Waals surface area contributed by atoms with Gasteiger partial charge in [-0.15, -0.1) is 0 Å². The summed E-state index contributed by atoms with van der Waals surface area (Å²) in [5, 5.41) is 11.0. The smallest absolute Gasteiger partial charge is 0.450 e. The van der Waals surface area contributed by atoms with E-state index >= 15 is 0 Å². The number of rotatable bonds is 10. The molecule has 0 aliphatic carbocycles. The van der Waals surface area contributed by atoms with Gasteiger partial charge in [0.15, 0.2) is 21.0 Å². The zero-order valence-corrected chi connectivity index (χ0v) is 17.2. The highest BCUT2D eigenvalue weighted by Crippen LogP contribution is 2.17. The van der Waals surface area contributed by atoms with Crippen molar-refractivity contribution in [1.82, 2.24) is 5.32 Å². The molecule has 4 N–H and O–H groups in total. The summed E-state index contributed by atoms with van der Waals surface area (Å²) in [6.45, 7) is 0. The third-order valence-corrected chi connectivity index (χ3v) is 5.33. The molecule has 1 aromatic carbocycles. The van der Waals surface area contributed by atoms with Crippen LogP contribution in [0.1, 0.15) is 18.4 Å². The highest BCUT2D eigenvalue weighted by molar-refractivity contribution is 7.90. The molecule has 28 heavy (non-hydrogen) atoms. The van der Waals surface area contributed by atoms with Crippen molar-refractivity contribution < 1.29 is 32.2 Å². The molecule has 0 radical (unpaired) electrons. The number of alkyl halides is 3. The molecular weight excluding hydrogens is 438 g/mol. The summed E-state index contributed by atoms with van der Waals surface area (Å²) in [7, 11) is -3.31. The van der Waals surface area contributed by atoms with Gasteiger partial charge in [0.1, 0.15) is 12.1 Å². The van der Waals surface area contributed by atoms with Crippen LogP contribution in [0.25, 0.3) is 0 Å². The first-order chi connectivity index (χ1) is 12.9. The van der Waals surface area contributed by atoms with E-state index in [2.05, 4.69) is 10.1 Å². The van der Waals surface area contributed by atoms with E-state index in [9.17, 15) is 22.4 Å². The molecule has 1 unspecified atom stereocenters. The molecule has 0 aromatic heterocycles. The predicted molar refractivity (Wildman–Crippen MR) is 102 cm³/mol. The molecule has 0 saturated heterocycles. The highest BCUT2D eigenvalue weighted by atomic mass is 35.5. The lowest BCUT2D eigenvalue weighted by atomic mass is 10.0. The monoisotopic (exact) mass is 458 g/mol. The maximum absolute atomic E-state index is 13.7. The van der Waals surface area contributed by atoms with E-state index < -0.39 is 45.2 Å². The van der Waals surface area contributed by atoms with Gasteiger partial charge < -0.3 is 15.2 Å². The van der Waals surface area contributed by atoms with Crippen LogP contribution in [0, 0.1) is 0 Å². The molecule has 0 saturated carbocycles. The molecule has 0 aliphatic heterocycles. The zero-order chi connectivity index (χ0) is 21.5. The molecule has 0 aliphatic rings. The second-order valence-corrected chi connectivity index (χ2v) is 9.12. The first kappa shape index (κ1) is 24.4. The van der Waals surface area contributed by atoms with Gasteiger partial charge in [0.2, 0.25) is 0 Å². The molecule has 12 heteroatoms. The van der Waals surface area contributed by atoms with Crippen LogP contribution in [0.15, 0.2) is 29.2 Å². The molecule has 0 heterocycles. The average molecular weight is 459 g/mol. The normalized spacial score (nSPS) is 14.9. The van der Waals surface area contributed by atoms with Crippen LogP contribution in [0.5, 0.6) is 0 Å². The summed E-state index contributed by atoms with van der Waals surface area (Å²) in [6.07, 6.45) is -3.14. The summed E-state index contributed by atoms with van der Waals surface area (Å²) < 4.78 is 41.3. The van der Waals surface area contributed by atoms with E-state index in [4.69, 9.17) is 34.0 Å². The number of nitrogens with one attached hydrogen (secondary N) is 1. The third kappa shape index (κ3) is 8.17. The number of hydrogen-bond acceptors (Lipinski definition) is 6. The Morgan fingerprint density at radius 2 is 1.86 bits per heavy atom. The molecule has 158 valence electrons. The van der Waals surface area contributed by atoms with Crippen LogP contribution in [0.3, 0.4) is 0 Å². The van der Waals surface area contributed by atoms with Crippen LogP contribution in [-0.4, -0.2) is 55.1 Å². The maximum atomic E-state index is 13.7. The second kappa shape index (κ2) is 10.8. The number of amides is 1. The number of carbonyl (C=O) groups is 2. The molecular formula is C16H21Cl2FN2O6S. The van der Waals surface area contributed by atoms with Gasteiger partial charge in [0.25, 0.3) is 5.91 Å². The lowest BCUT2D eigenvalue weighted by Gasteiger charge is -2.28. The van der Waals surface area contributed by atoms with Gasteiger partial charge >= 0.3 is 6.16 Å². The summed E-state index contributed by atoms with van der Waals surface area (Å²) in [5.74, 6) is -0.934. The van der Waals surface area contributed by atoms with Crippen molar-refractivity contribution in [3.8, 4) is 0 Å². The fourth-order valence-electron chi connectivity index (χ4n) is 2.46. The Morgan fingerprint density at radius 1 is 1.29 bits per heavy atom. The molecule has 1 rings (SSSR count). The number of hydrogen-bond donors (Lipinski definition) is 3. The first-order valence-electron chi connectivity index (χ1n) is 8.08. The summed E-state index contributed by atoms with van der Waals surface area (Å²) >= 11 is 10.8. The van der Waals surface area contributed by atoms with Gasteiger partial charge in [0.05, 0.1) is 4.90 Å². The standard InChI is InChI=1S/C16H21Cl2FN2O6S/c1-28(25,26)10-7-5-9(6-8-10)3-2-4-11(27-16(23)24)12(14(19)20)21-15(22)13(17)18/h5-8,11-14H,2-4,20H2,1H3,(H,21,22)(H,23,24)/t11-,12+,14?/m1/s1. The lowest BCUT2D eigenvalue weighted by Crippen LogP contribution is -2.54. The number of ether oxygens (including phenoxy) is 1.